The SMILES string of the molecule is Cc1ccc(NC(=S)NNC(=O)CNS(=O)(=O)c2ccccc2)cc1F. The van der Waals surface area contributed by atoms with Crippen molar-refractivity contribution in [3.05, 3.63) is 59.9 Å². The number of amides is 1. The van der Waals surface area contributed by atoms with Crippen LogP contribution in [0.1, 0.15) is 5.56 Å². The quantitative estimate of drug-likeness (QED) is 0.451. The fourth-order valence-corrected chi connectivity index (χ4v) is 3.02. The highest BCUT2D eigenvalue weighted by Crippen LogP contribution is 2.13. The van der Waals surface area contributed by atoms with Crippen LogP contribution < -0.4 is 20.9 Å². The van der Waals surface area contributed by atoms with Gasteiger partial charge in [0, 0.05) is 5.69 Å². The second kappa shape index (κ2) is 8.70. The van der Waals surface area contributed by atoms with Crippen molar-refractivity contribution < 1.29 is 17.6 Å². The fourth-order valence-electron chi connectivity index (χ4n) is 1.85. The van der Waals surface area contributed by atoms with Crippen LogP contribution in [0.15, 0.2) is 53.4 Å². The minimum atomic E-state index is -3.78. The smallest absolute Gasteiger partial charge is 0.253 e. The van der Waals surface area contributed by atoms with E-state index in [1.165, 1.54) is 18.2 Å². The lowest BCUT2D eigenvalue weighted by Crippen LogP contribution is -2.47. The standard InChI is InChI=1S/C16H17FN4O3S2/c1-11-7-8-12(9-14(11)17)19-16(25)21-20-15(22)10-18-26(23,24)13-5-3-2-4-6-13/h2-9,18H,10H2,1H3,(H,20,22)(H2,19,21,25). The van der Waals surface area contributed by atoms with Crippen LogP contribution in [-0.4, -0.2) is 26.0 Å². The lowest BCUT2D eigenvalue weighted by atomic mass is 10.2. The molecule has 7 nitrogen and oxygen atoms in total. The van der Waals surface area contributed by atoms with E-state index in [9.17, 15) is 17.6 Å². The van der Waals surface area contributed by atoms with Gasteiger partial charge in [0.15, 0.2) is 5.11 Å². The molecule has 26 heavy (non-hydrogen) atoms. The first-order valence-electron chi connectivity index (χ1n) is 7.44. The number of hydrogen-bond acceptors (Lipinski definition) is 4. The average Bonchev–Trinajstić information content (AvgIpc) is 2.62. The fraction of sp³-hybridized carbons (Fsp3) is 0.125. The molecule has 2 aromatic carbocycles. The maximum Gasteiger partial charge on any atom is 0.253 e. The van der Waals surface area contributed by atoms with Gasteiger partial charge in [-0.2, -0.15) is 0 Å². The van der Waals surface area contributed by atoms with Crippen molar-refractivity contribution in [1.82, 2.24) is 15.6 Å². The van der Waals surface area contributed by atoms with Gasteiger partial charge in [-0.3, -0.25) is 15.6 Å². The van der Waals surface area contributed by atoms with Crippen LogP contribution in [0, 0.1) is 12.7 Å². The minimum absolute atomic E-state index is 0.0209. The van der Waals surface area contributed by atoms with E-state index in [-0.39, 0.29) is 10.0 Å². The van der Waals surface area contributed by atoms with Crippen molar-refractivity contribution in [2.24, 2.45) is 0 Å². The molecular formula is C16H17FN4O3S2. The molecule has 0 saturated heterocycles. The zero-order chi connectivity index (χ0) is 19.2. The Morgan fingerprint density at radius 3 is 2.46 bits per heavy atom. The molecule has 4 N–H and O–H groups in total. The molecular weight excluding hydrogens is 379 g/mol. The number of hydrogen-bond donors (Lipinski definition) is 4. The highest BCUT2D eigenvalue weighted by atomic mass is 32.2. The predicted molar refractivity (Wildman–Crippen MR) is 100 cm³/mol. The van der Waals surface area contributed by atoms with Gasteiger partial charge in [-0.25, -0.2) is 17.5 Å². The molecule has 0 heterocycles. The van der Waals surface area contributed by atoms with E-state index in [0.29, 0.717) is 11.3 Å². The van der Waals surface area contributed by atoms with Crippen LogP contribution in [0.4, 0.5) is 10.1 Å². The van der Waals surface area contributed by atoms with Crippen molar-refractivity contribution in [2.75, 3.05) is 11.9 Å². The third-order valence-corrected chi connectivity index (χ3v) is 4.84. The molecule has 0 aliphatic rings. The highest BCUT2D eigenvalue weighted by molar-refractivity contribution is 7.89. The van der Waals surface area contributed by atoms with Gasteiger partial charge in [0.2, 0.25) is 10.0 Å². The van der Waals surface area contributed by atoms with Gasteiger partial charge in [0.1, 0.15) is 5.82 Å². The summed E-state index contributed by atoms with van der Waals surface area (Å²) in [6, 6.07) is 12.1. The number of thiocarbonyl (C=S) groups is 1. The van der Waals surface area contributed by atoms with Gasteiger partial charge in [-0.1, -0.05) is 24.3 Å². The Balaban J connectivity index is 1.79. The molecule has 0 saturated carbocycles. The van der Waals surface area contributed by atoms with Crippen molar-refractivity contribution in [3.8, 4) is 0 Å². The van der Waals surface area contributed by atoms with Crippen molar-refractivity contribution in [3.63, 3.8) is 0 Å². The van der Waals surface area contributed by atoms with Gasteiger partial charge >= 0.3 is 0 Å². The molecule has 0 spiro atoms. The lowest BCUT2D eigenvalue weighted by Gasteiger charge is -2.12. The van der Waals surface area contributed by atoms with Crippen LogP contribution >= 0.6 is 12.2 Å². The summed E-state index contributed by atoms with van der Waals surface area (Å²) in [6.07, 6.45) is 0. The number of halogens is 1. The van der Waals surface area contributed by atoms with Crippen LogP contribution in [0.3, 0.4) is 0 Å². The zero-order valence-electron chi connectivity index (χ0n) is 13.7. The normalized spacial score (nSPS) is 10.8. The Bertz CT molecular complexity index is 905. The Morgan fingerprint density at radius 1 is 1.12 bits per heavy atom. The second-order valence-corrected chi connectivity index (χ2v) is 7.40. The zero-order valence-corrected chi connectivity index (χ0v) is 15.4. The van der Waals surface area contributed by atoms with Crippen molar-refractivity contribution in [1.29, 1.82) is 0 Å². The third kappa shape index (κ3) is 5.76. The molecule has 138 valence electrons. The molecule has 2 aromatic rings. The van der Waals surface area contributed by atoms with E-state index < -0.39 is 28.3 Å². The molecule has 2 rings (SSSR count). The lowest BCUT2D eigenvalue weighted by molar-refractivity contribution is -0.120. The monoisotopic (exact) mass is 396 g/mol. The minimum Gasteiger partial charge on any atom is -0.331 e. The number of carbonyl (C=O) groups excluding carboxylic acids is 1. The summed E-state index contributed by atoms with van der Waals surface area (Å²) in [6.45, 7) is 1.15. The first-order chi connectivity index (χ1) is 12.3. The summed E-state index contributed by atoms with van der Waals surface area (Å²) < 4.78 is 39.6. The molecule has 0 bridgehead atoms. The number of sulfonamides is 1. The first-order valence-corrected chi connectivity index (χ1v) is 9.34. The molecule has 10 heteroatoms. The Morgan fingerprint density at radius 2 is 1.81 bits per heavy atom. The average molecular weight is 396 g/mol. The Labute approximate surface area is 156 Å². The maximum absolute atomic E-state index is 13.5. The number of nitrogens with one attached hydrogen (secondary N) is 4. The molecule has 1 amide bonds. The molecule has 0 atom stereocenters. The van der Waals surface area contributed by atoms with Crippen LogP contribution in [0.2, 0.25) is 0 Å². The highest BCUT2D eigenvalue weighted by Gasteiger charge is 2.14. The number of aryl methyl sites for hydroxylation is 1. The number of hydrazine groups is 1. The van der Waals surface area contributed by atoms with Gasteiger partial charge in [0.05, 0.1) is 11.4 Å². The summed E-state index contributed by atoms with van der Waals surface area (Å²) in [4.78, 5) is 11.8. The van der Waals surface area contributed by atoms with Crippen LogP contribution in [0.5, 0.6) is 0 Å². The topological polar surface area (TPSA) is 99.3 Å². The number of rotatable bonds is 5. The first kappa shape index (κ1) is 19.8. The van der Waals surface area contributed by atoms with Gasteiger partial charge in [-0.15, -0.1) is 0 Å². The van der Waals surface area contributed by atoms with E-state index in [0.717, 1.165) is 0 Å². The van der Waals surface area contributed by atoms with Crippen molar-refractivity contribution >= 4 is 38.9 Å². The van der Waals surface area contributed by atoms with Gasteiger partial charge in [0.25, 0.3) is 5.91 Å². The molecule has 0 fully saturated rings. The summed E-state index contributed by atoms with van der Waals surface area (Å²) >= 11 is 4.97. The van der Waals surface area contributed by atoms with E-state index >= 15 is 0 Å². The van der Waals surface area contributed by atoms with E-state index in [1.807, 2.05) is 0 Å². The number of anilines is 1. The molecule has 0 aliphatic heterocycles. The Hall–Kier alpha value is -2.56. The summed E-state index contributed by atoms with van der Waals surface area (Å²) in [7, 11) is -3.78. The second-order valence-electron chi connectivity index (χ2n) is 5.23. The molecule has 0 radical (unpaired) electrons. The van der Waals surface area contributed by atoms with Gasteiger partial charge < -0.3 is 5.32 Å². The van der Waals surface area contributed by atoms with Crippen molar-refractivity contribution in [2.45, 2.75) is 11.8 Å². The third-order valence-electron chi connectivity index (χ3n) is 3.22. The number of carbonyl (C=O) groups is 1. The summed E-state index contributed by atoms with van der Waals surface area (Å²) in [5.74, 6) is -1.04. The molecule has 0 aliphatic carbocycles. The van der Waals surface area contributed by atoms with Crippen LogP contribution in [-0.2, 0) is 14.8 Å². The summed E-state index contributed by atoms with van der Waals surface area (Å²) in [5, 5.41) is 2.71. The predicted octanol–water partition coefficient (Wildman–Crippen LogP) is 1.43. The van der Waals surface area contributed by atoms with Gasteiger partial charge in [-0.05, 0) is 49.0 Å². The molecule has 0 aromatic heterocycles. The number of benzene rings is 2. The summed E-state index contributed by atoms with van der Waals surface area (Å²) in [5.41, 5.74) is 5.54. The van der Waals surface area contributed by atoms with E-state index in [2.05, 4.69) is 20.9 Å². The molecule has 0 unspecified atom stereocenters. The van der Waals surface area contributed by atoms with E-state index in [4.69, 9.17) is 12.2 Å². The Kier molecular flexibility index (Phi) is 6.61. The maximum atomic E-state index is 13.5. The van der Waals surface area contributed by atoms with E-state index in [1.54, 1.807) is 37.3 Å². The largest absolute Gasteiger partial charge is 0.331 e. The van der Waals surface area contributed by atoms with Crippen LogP contribution in [0.25, 0.3) is 0 Å².